The monoisotopic (exact) mass is 556 g/mol. The summed E-state index contributed by atoms with van der Waals surface area (Å²) in [4.78, 5) is 17.4. The number of halogens is 3. The molecular formula is C26H19ClF2N4O2S2. The van der Waals surface area contributed by atoms with Crippen molar-refractivity contribution in [2.75, 3.05) is 16.4 Å². The number of nitrogens with zero attached hydrogens (tertiary/aromatic N) is 2. The van der Waals surface area contributed by atoms with Crippen molar-refractivity contribution in [3.05, 3.63) is 87.4 Å². The Hall–Kier alpha value is -3.65. The van der Waals surface area contributed by atoms with Crippen molar-refractivity contribution < 1.29 is 18.3 Å². The molecule has 0 aliphatic carbocycles. The number of allylic oxidation sites excluding steroid dienone is 1. The number of alkyl halides is 2. The van der Waals surface area contributed by atoms with E-state index >= 15 is 0 Å². The molecule has 0 bridgehead atoms. The van der Waals surface area contributed by atoms with Gasteiger partial charge >= 0.3 is 6.61 Å². The SMILES string of the molecule is Cc1c(Cl)cccc1N/C(SCC(=O)Nc1ccccc1OC(F)F)=C(/C#N)c1nc2ccccc2s1. The molecule has 3 aromatic carbocycles. The molecule has 0 radical (unpaired) electrons. The van der Waals surface area contributed by atoms with Crippen LogP contribution in [0.1, 0.15) is 10.6 Å². The topological polar surface area (TPSA) is 87.0 Å². The number of hydrogen-bond acceptors (Lipinski definition) is 7. The average molecular weight is 557 g/mol. The first-order chi connectivity index (χ1) is 17.9. The highest BCUT2D eigenvalue weighted by Crippen LogP contribution is 2.35. The van der Waals surface area contributed by atoms with Gasteiger partial charge in [0, 0.05) is 10.7 Å². The minimum atomic E-state index is -3.03. The number of rotatable bonds is 9. The maximum absolute atomic E-state index is 12.8. The van der Waals surface area contributed by atoms with Crippen LogP contribution in [0.15, 0.2) is 71.8 Å². The van der Waals surface area contributed by atoms with E-state index in [9.17, 15) is 18.8 Å². The average Bonchev–Trinajstić information content (AvgIpc) is 3.30. The van der Waals surface area contributed by atoms with Crippen molar-refractivity contribution in [2.45, 2.75) is 13.5 Å². The molecule has 4 aromatic rings. The fourth-order valence-electron chi connectivity index (χ4n) is 3.30. The molecule has 1 heterocycles. The highest BCUT2D eigenvalue weighted by molar-refractivity contribution is 8.04. The van der Waals surface area contributed by atoms with Crippen molar-refractivity contribution in [3.8, 4) is 11.8 Å². The third kappa shape index (κ3) is 6.57. The molecule has 0 spiro atoms. The number of benzene rings is 3. The molecule has 2 N–H and O–H groups in total. The van der Waals surface area contributed by atoms with Crippen LogP contribution in [-0.2, 0) is 4.79 Å². The number of ether oxygens (including phenoxy) is 1. The number of carbonyl (C=O) groups excluding carboxylic acids is 1. The number of hydrogen-bond donors (Lipinski definition) is 2. The molecule has 37 heavy (non-hydrogen) atoms. The third-order valence-corrected chi connectivity index (χ3v) is 7.55. The lowest BCUT2D eigenvalue weighted by atomic mass is 10.2. The van der Waals surface area contributed by atoms with E-state index in [4.69, 9.17) is 11.6 Å². The maximum Gasteiger partial charge on any atom is 0.387 e. The third-order valence-electron chi connectivity index (χ3n) is 5.09. The molecule has 1 amide bonds. The van der Waals surface area contributed by atoms with Crippen LogP contribution in [0, 0.1) is 18.3 Å². The number of nitriles is 1. The molecule has 188 valence electrons. The lowest BCUT2D eigenvalue weighted by Crippen LogP contribution is -2.16. The van der Waals surface area contributed by atoms with Crippen LogP contribution in [0.2, 0.25) is 5.02 Å². The van der Waals surface area contributed by atoms with E-state index < -0.39 is 12.5 Å². The predicted molar refractivity (Wildman–Crippen MR) is 146 cm³/mol. The zero-order chi connectivity index (χ0) is 26.4. The van der Waals surface area contributed by atoms with Crippen molar-refractivity contribution >= 4 is 67.8 Å². The number of amides is 1. The highest BCUT2D eigenvalue weighted by atomic mass is 35.5. The van der Waals surface area contributed by atoms with Gasteiger partial charge in [0.25, 0.3) is 0 Å². The van der Waals surface area contributed by atoms with Crippen molar-refractivity contribution in [1.82, 2.24) is 4.98 Å². The van der Waals surface area contributed by atoms with Crippen molar-refractivity contribution in [2.24, 2.45) is 0 Å². The van der Waals surface area contributed by atoms with Gasteiger partial charge in [-0.15, -0.1) is 11.3 Å². The van der Waals surface area contributed by atoms with Gasteiger partial charge in [0.15, 0.2) is 0 Å². The molecule has 0 fully saturated rings. The number of fused-ring (bicyclic) bond motifs is 1. The van der Waals surface area contributed by atoms with Crippen LogP contribution in [0.25, 0.3) is 15.8 Å². The minimum Gasteiger partial charge on any atom is -0.433 e. The first-order valence-corrected chi connectivity index (χ1v) is 13.0. The van der Waals surface area contributed by atoms with Crippen molar-refractivity contribution in [3.63, 3.8) is 0 Å². The Kier molecular flexibility index (Phi) is 8.61. The Morgan fingerprint density at radius 3 is 2.59 bits per heavy atom. The molecule has 0 aliphatic heterocycles. The summed E-state index contributed by atoms with van der Waals surface area (Å²) in [5, 5.41) is 17.4. The van der Waals surface area contributed by atoms with E-state index in [0.29, 0.717) is 20.7 Å². The van der Waals surface area contributed by atoms with Crippen LogP contribution in [0.5, 0.6) is 5.75 Å². The summed E-state index contributed by atoms with van der Waals surface area (Å²) >= 11 is 8.73. The minimum absolute atomic E-state index is 0.115. The van der Waals surface area contributed by atoms with Crippen LogP contribution >= 0.6 is 34.7 Å². The van der Waals surface area contributed by atoms with Gasteiger partial charge in [-0.1, -0.05) is 53.7 Å². The van der Waals surface area contributed by atoms with Gasteiger partial charge in [-0.05, 0) is 48.9 Å². The van der Waals surface area contributed by atoms with Gasteiger partial charge in [0.05, 0.1) is 26.7 Å². The van der Waals surface area contributed by atoms with Crippen molar-refractivity contribution in [1.29, 1.82) is 5.26 Å². The molecule has 0 saturated heterocycles. The maximum atomic E-state index is 12.8. The second kappa shape index (κ2) is 12.1. The molecule has 11 heteroatoms. The Morgan fingerprint density at radius 2 is 1.84 bits per heavy atom. The summed E-state index contributed by atoms with van der Waals surface area (Å²) < 4.78 is 30.9. The molecule has 4 rings (SSSR count). The molecule has 6 nitrogen and oxygen atoms in total. The van der Waals surface area contributed by atoms with E-state index in [1.54, 1.807) is 18.2 Å². The lowest BCUT2D eigenvalue weighted by molar-refractivity contribution is -0.113. The summed E-state index contributed by atoms with van der Waals surface area (Å²) in [6.45, 7) is -1.19. The Morgan fingerprint density at radius 1 is 1.11 bits per heavy atom. The predicted octanol–water partition coefficient (Wildman–Crippen LogP) is 7.54. The first kappa shape index (κ1) is 26.4. The van der Waals surface area contributed by atoms with Gasteiger partial charge in [0.1, 0.15) is 22.4 Å². The van der Waals surface area contributed by atoms with Gasteiger partial charge in [0.2, 0.25) is 5.91 Å². The summed E-state index contributed by atoms with van der Waals surface area (Å²) in [5.74, 6) is -0.744. The molecule has 0 atom stereocenters. The van der Waals surface area contributed by atoms with Crippen LogP contribution in [0.4, 0.5) is 20.2 Å². The van der Waals surface area contributed by atoms with Crippen LogP contribution < -0.4 is 15.4 Å². The van der Waals surface area contributed by atoms with Gasteiger partial charge in [-0.3, -0.25) is 4.79 Å². The molecule has 0 unspecified atom stereocenters. The molecular weight excluding hydrogens is 538 g/mol. The molecule has 1 aromatic heterocycles. The van der Waals surface area contributed by atoms with E-state index in [2.05, 4.69) is 26.4 Å². The normalized spacial score (nSPS) is 11.7. The standard InChI is InChI=1S/C26H19ClF2N4O2S2/c1-15-17(27)7-6-10-18(15)32-24(16(13-30)25-33-20-9-3-5-12-22(20)37-25)36-14-23(34)31-19-8-2-4-11-21(19)35-26(28)29/h2-12,26,32H,14H2,1H3,(H,31,34)/b24-16+. The van der Waals surface area contributed by atoms with E-state index in [1.807, 2.05) is 37.3 Å². The second-order valence-electron chi connectivity index (χ2n) is 7.55. The Bertz CT molecular complexity index is 1480. The number of nitrogens with one attached hydrogen (secondary N) is 2. The number of aromatic nitrogens is 1. The Labute approximate surface area is 224 Å². The zero-order valence-corrected chi connectivity index (χ0v) is 21.7. The number of anilines is 2. The smallest absolute Gasteiger partial charge is 0.387 e. The molecule has 0 aliphatic rings. The number of thioether (sulfide) groups is 1. The summed E-state index contributed by atoms with van der Waals surface area (Å²) in [7, 11) is 0. The quantitative estimate of drug-likeness (QED) is 0.207. The van der Waals surface area contributed by atoms with Gasteiger partial charge in [-0.25, -0.2) is 4.98 Å². The first-order valence-electron chi connectivity index (χ1n) is 10.8. The Balaban J connectivity index is 1.63. The molecule has 0 saturated carbocycles. The van der Waals surface area contributed by atoms with Gasteiger partial charge < -0.3 is 15.4 Å². The number of carbonyl (C=O) groups is 1. The van der Waals surface area contributed by atoms with Gasteiger partial charge in [-0.2, -0.15) is 14.0 Å². The summed E-state index contributed by atoms with van der Waals surface area (Å²) in [5.41, 5.74) is 2.57. The number of thiazole rings is 1. The highest BCUT2D eigenvalue weighted by Gasteiger charge is 2.19. The zero-order valence-electron chi connectivity index (χ0n) is 19.3. The van der Waals surface area contributed by atoms with E-state index in [1.165, 1.54) is 29.5 Å². The summed E-state index contributed by atoms with van der Waals surface area (Å²) in [6.07, 6.45) is 0. The van der Waals surface area contributed by atoms with Crippen LogP contribution in [-0.4, -0.2) is 23.3 Å². The fourth-order valence-corrected chi connectivity index (χ4v) is 5.33. The van der Waals surface area contributed by atoms with E-state index in [-0.39, 0.29) is 22.8 Å². The largest absolute Gasteiger partial charge is 0.433 e. The lowest BCUT2D eigenvalue weighted by Gasteiger charge is -2.15. The second-order valence-corrected chi connectivity index (χ2v) is 9.98. The van der Waals surface area contributed by atoms with Crippen LogP contribution in [0.3, 0.4) is 0 Å². The van der Waals surface area contributed by atoms with E-state index in [0.717, 1.165) is 27.5 Å². The fraction of sp³-hybridized carbons (Fsp3) is 0.115. The number of para-hydroxylation sites is 3. The summed E-state index contributed by atoms with van der Waals surface area (Å²) in [6, 6.07) is 21.0.